The highest BCUT2D eigenvalue weighted by Crippen LogP contribution is 2.41. The highest BCUT2D eigenvalue weighted by Gasteiger charge is 2.43. The predicted molar refractivity (Wildman–Crippen MR) is 80.1 cm³/mol. The summed E-state index contributed by atoms with van der Waals surface area (Å²) in [5, 5.41) is 10.5. The molecule has 2 fully saturated rings. The second-order valence-electron chi connectivity index (χ2n) is 6.12. The van der Waals surface area contributed by atoms with Crippen molar-refractivity contribution in [3.05, 3.63) is 23.4 Å². The molecule has 4 rings (SSSR count). The number of thiophene rings is 1. The van der Waals surface area contributed by atoms with Gasteiger partial charge in [0.1, 0.15) is 0 Å². The fraction of sp³-hybridized carbons (Fsp3) is 0.600. The van der Waals surface area contributed by atoms with Gasteiger partial charge in [0.15, 0.2) is 0 Å². The van der Waals surface area contributed by atoms with Gasteiger partial charge in [0.05, 0.1) is 17.5 Å². The van der Waals surface area contributed by atoms with Crippen molar-refractivity contribution in [2.24, 2.45) is 5.41 Å². The van der Waals surface area contributed by atoms with E-state index in [0.29, 0.717) is 11.3 Å². The third kappa shape index (κ3) is 2.41. The molecule has 2 aliphatic rings. The molecule has 0 aromatic carbocycles. The minimum Gasteiger partial charge on any atom is -0.418 e. The summed E-state index contributed by atoms with van der Waals surface area (Å²) in [5.41, 5.74) is 0.366. The highest BCUT2D eigenvalue weighted by atomic mass is 32.1. The molecule has 1 spiro atoms. The van der Waals surface area contributed by atoms with E-state index < -0.39 is 0 Å². The molecule has 0 radical (unpaired) electrons. The van der Waals surface area contributed by atoms with E-state index in [1.807, 2.05) is 17.5 Å². The van der Waals surface area contributed by atoms with Crippen LogP contribution in [0.1, 0.15) is 31.7 Å². The van der Waals surface area contributed by atoms with Gasteiger partial charge in [-0.2, -0.15) is 0 Å². The Labute approximate surface area is 127 Å². The molecule has 21 heavy (non-hydrogen) atoms. The average molecular weight is 305 g/mol. The normalized spacial score (nSPS) is 27.7. The van der Waals surface area contributed by atoms with Gasteiger partial charge < -0.3 is 9.15 Å². The van der Waals surface area contributed by atoms with Crippen molar-refractivity contribution in [2.45, 2.75) is 25.8 Å². The van der Waals surface area contributed by atoms with Crippen LogP contribution in [0.4, 0.5) is 0 Å². The van der Waals surface area contributed by atoms with Gasteiger partial charge in [0.2, 0.25) is 5.89 Å². The van der Waals surface area contributed by atoms with E-state index in [9.17, 15) is 0 Å². The Hall–Kier alpha value is -1.24. The first-order valence-corrected chi connectivity index (χ1v) is 8.33. The molecule has 0 saturated carbocycles. The molecule has 4 heterocycles. The van der Waals surface area contributed by atoms with Gasteiger partial charge in [-0.25, -0.2) is 0 Å². The van der Waals surface area contributed by atoms with Crippen molar-refractivity contribution in [1.29, 1.82) is 0 Å². The molecular formula is C15H19N3O2S. The van der Waals surface area contributed by atoms with Gasteiger partial charge >= 0.3 is 0 Å². The molecule has 2 atom stereocenters. The fourth-order valence-corrected chi connectivity index (χ4v) is 3.98. The van der Waals surface area contributed by atoms with Crippen LogP contribution in [-0.2, 0) is 4.74 Å². The van der Waals surface area contributed by atoms with Crippen LogP contribution in [0.2, 0.25) is 0 Å². The molecule has 2 saturated heterocycles. The number of likely N-dealkylation sites (tertiary alicyclic amines) is 1. The zero-order chi connectivity index (χ0) is 14.3. The molecule has 2 unspecified atom stereocenters. The molecule has 5 nitrogen and oxygen atoms in total. The lowest BCUT2D eigenvalue weighted by atomic mass is 9.87. The summed E-state index contributed by atoms with van der Waals surface area (Å²) < 4.78 is 11.5. The van der Waals surface area contributed by atoms with Crippen molar-refractivity contribution in [1.82, 2.24) is 15.1 Å². The standard InChI is InChI=1S/C15H19N3O2S/c1-11(18-6-4-15(9-18)5-7-19-10-15)13-16-17-14(20-13)12-3-2-8-21-12/h2-3,8,11H,4-7,9-10H2,1H3. The Morgan fingerprint density at radius 1 is 1.38 bits per heavy atom. The number of nitrogens with zero attached hydrogens (tertiary/aromatic N) is 3. The van der Waals surface area contributed by atoms with Gasteiger partial charge in [-0.3, -0.25) is 4.90 Å². The van der Waals surface area contributed by atoms with Crippen LogP contribution in [-0.4, -0.2) is 41.4 Å². The number of rotatable bonds is 3. The second-order valence-corrected chi connectivity index (χ2v) is 7.07. The first-order valence-electron chi connectivity index (χ1n) is 7.45. The molecule has 2 aliphatic heterocycles. The van der Waals surface area contributed by atoms with Crippen molar-refractivity contribution < 1.29 is 9.15 Å². The van der Waals surface area contributed by atoms with Gasteiger partial charge in [-0.15, -0.1) is 21.5 Å². The van der Waals surface area contributed by atoms with E-state index in [1.54, 1.807) is 11.3 Å². The predicted octanol–water partition coefficient (Wildman–Crippen LogP) is 2.97. The minimum atomic E-state index is 0.172. The van der Waals surface area contributed by atoms with E-state index >= 15 is 0 Å². The van der Waals surface area contributed by atoms with E-state index in [4.69, 9.17) is 9.15 Å². The quantitative estimate of drug-likeness (QED) is 0.872. The maximum Gasteiger partial charge on any atom is 0.257 e. The topological polar surface area (TPSA) is 51.4 Å². The molecule has 6 heteroatoms. The third-order valence-corrected chi connectivity index (χ3v) is 5.59. The average Bonchev–Trinajstić information content (AvgIpc) is 3.29. The third-order valence-electron chi connectivity index (χ3n) is 4.73. The molecule has 0 bridgehead atoms. The Kier molecular flexibility index (Phi) is 3.32. The summed E-state index contributed by atoms with van der Waals surface area (Å²) in [5.74, 6) is 1.35. The molecule has 112 valence electrons. The van der Waals surface area contributed by atoms with Crippen LogP contribution in [0.3, 0.4) is 0 Å². The summed E-state index contributed by atoms with van der Waals surface area (Å²) >= 11 is 1.62. The zero-order valence-electron chi connectivity index (χ0n) is 12.1. The lowest BCUT2D eigenvalue weighted by molar-refractivity contribution is 0.142. The Bertz CT molecular complexity index is 604. The van der Waals surface area contributed by atoms with Crippen LogP contribution >= 0.6 is 11.3 Å². The smallest absolute Gasteiger partial charge is 0.257 e. The van der Waals surface area contributed by atoms with Gasteiger partial charge in [-0.1, -0.05) is 6.07 Å². The fourth-order valence-electron chi connectivity index (χ4n) is 3.33. The van der Waals surface area contributed by atoms with Crippen LogP contribution in [0.5, 0.6) is 0 Å². The largest absolute Gasteiger partial charge is 0.418 e. The highest BCUT2D eigenvalue weighted by molar-refractivity contribution is 7.13. The van der Waals surface area contributed by atoms with Gasteiger partial charge in [0, 0.05) is 18.6 Å². The number of hydrogen-bond acceptors (Lipinski definition) is 6. The maximum absolute atomic E-state index is 5.87. The van der Waals surface area contributed by atoms with Gasteiger partial charge in [0.25, 0.3) is 5.89 Å². The minimum absolute atomic E-state index is 0.172. The molecular weight excluding hydrogens is 286 g/mol. The Morgan fingerprint density at radius 3 is 3.10 bits per heavy atom. The number of hydrogen-bond donors (Lipinski definition) is 0. The van der Waals surface area contributed by atoms with Gasteiger partial charge in [-0.05, 0) is 37.8 Å². The molecule has 2 aromatic rings. The second kappa shape index (κ2) is 5.19. The van der Waals surface area contributed by atoms with E-state index in [2.05, 4.69) is 22.0 Å². The molecule has 0 aliphatic carbocycles. The Morgan fingerprint density at radius 2 is 2.33 bits per heavy atom. The number of ether oxygens (including phenoxy) is 1. The monoisotopic (exact) mass is 305 g/mol. The van der Waals surface area contributed by atoms with Crippen LogP contribution in [0, 0.1) is 5.41 Å². The van der Waals surface area contributed by atoms with Crippen LogP contribution in [0.15, 0.2) is 21.9 Å². The van der Waals surface area contributed by atoms with E-state index in [0.717, 1.165) is 37.1 Å². The first-order chi connectivity index (χ1) is 10.3. The van der Waals surface area contributed by atoms with Crippen molar-refractivity contribution in [3.8, 4) is 10.8 Å². The van der Waals surface area contributed by atoms with Crippen LogP contribution < -0.4 is 0 Å². The van der Waals surface area contributed by atoms with E-state index in [1.165, 1.54) is 12.8 Å². The lowest BCUT2D eigenvalue weighted by Gasteiger charge is -2.24. The summed E-state index contributed by atoms with van der Waals surface area (Å²) in [7, 11) is 0. The lowest BCUT2D eigenvalue weighted by Crippen LogP contribution is -2.29. The first kappa shape index (κ1) is 13.4. The van der Waals surface area contributed by atoms with Crippen molar-refractivity contribution >= 4 is 11.3 Å². The Balaban J connectivity index is 1.49. The van der Waals surface area contributed by atoms with Crippen molar-refractivity contribution in [3.63, 3.8) is 0 Å². The summed E-state index contributed by atoms with van der Waals surface area (Å²) in [6.07, 6.45) is 2.39. The van der Waals surface area contributed by atoms with Crippen LogP contribution in [0.25, 0.3) is 10.8 Å². The number of aromatic nitrogens is 2. The summed E-state index contributed by atoms with van der Waals surface area (Å²) in [6, 6.07) is 4.18. The molecule has 0 N–H and O–H groups in total. The van der Waals surface area contributed by atoms with E-state index in [-0.39, 0.29) is 6.04 Å². The maximum atomic E-state index is 5.87. The molecule has 0 amide bonds. The zero-order valence-corrected chi connectivity index (χ0v) is 12.9. The SMILES string of the molecule is CC(c1nnc(-c2cccs2)o1)N1CCC2(CCOC2)C1. The summed E-state index contributed by atoms with van der Waals surface area (Å²) in [6.45, 7) is 6.12. The van der Waals surface area contributed by atoms with Crippen molar-refractivity contribution in [2.75, 3.05) is 26.3 Å². The summed E-state index contributed by atoms with van der Waals surface area (Å²) in [4.78, 5) is 3.48. The molecule has 2 aromatic heterocycles.